The van der Waals surface area contributed by atoms with Gasteiger partial charge < -0.3 is 29.7 Å². The van der Waals surface area contributed by atoms with Crippen LogP contribution in [0.5, 0.6) is 17.2 Å². The summed E-state index contributed by atoms with van der Waals surface area (Å²) in [4.78, 5) is 41.4. The van der Waals surface area contributed by atoms with Crippen LogP contribution in [0.2, 0.25) is 0 Å². The fraction of sp³-hybridized carbons (Fsp3) is 0.438. The zero-order valence-corrected chi connectivity index (χ0v) is 25.4. The van der Waals surface area contributed by atoms with E-state index in [0.29, 0.717) is 42.4 Å². The number of halogens is 1. The van der Waals surface area contributed by atoms with Crippen LogP contribution in [0.1, 0.15) is 59.3 Å². The predicted octanol–water partition coefficient (Wildman–Crippen LogP) is 3.35. The molecule has 3 amide bonds. The van der Waals surface area contributed by atoms with Gasteiger partial charge in [0.15, 0.2) is 18.1 Å². The SMILES string of the molecule is CCn1nc(CC(C)C)cc1C(=O)N1CC[C@@H]2Oc3cc(F)cc(c3)CNC(=O)c3ccc(OC)c(c3)OCC(=O)N[C@@H]2C1. The molecule has 2 aromatic carbocycles. The second-order valence-electron chi connectivity index (χ2n) is 11.4. The van der Waals surface area contributed by atoms with E-state index in [1.54, 1.807) is 27.8 Å². The first-order valence-electron chi connectivity index (χ1n) is 14.8. The van der Waals surface area contributed by atoms with Crippen LogP contribution in [-0.2, 0) is 24.3 Å². The van der Waals surface area contributed by atoms with E-state index in [-0.39, 0.29) is 42.7 Å². The van der Waals surface area contributed by atoms with Gasteiger partial charge in [-0.15, -0.1) is 0 Å². The first-order chi connectivity index (χ1) is 21.1. The molecule has 0 saturated carbocycles. The fourth-order valence-electron chi connectivity index (χ4n) is 5.53. The molecule has 2 aliphatic heterocycles. The summed E-state index contributed by atoms with van der Waals surface area (Å²) in [7, 11) is 1.46. The molecule has 0 radical (unpaired) electrons. The van der Waals surface area contributed by atoms with Gasteiger partial charge >= 0.3 is 0 Å². The quantitative estimate of drug-likeness (QED) is 0.456. The molecule has 11 nitrogen and oxygen atoms in total. The molecule has 12 heteroatoms. The summed E-state index contributed by atoms with van der Waals surface area (Å²) < 4.78 is 33.7. The van der Waals surface area contributed by atoms with Crippen LogP contribution in [0, 0.1) is 11.7 Å². The number of rotatable bonds is 5. The smallest absolute Gasteiger partial charge is 0.272 e. The van der Waals surface area contributed by atoms with E-state index >= 15 is 0 Å². The van der Waals surface area contributed by atoms with Crippen molar-refractivity contribution in [2.24, 2.45) is 5.92 Å². The zero-order valence-electron chi connectivity index (χ0n) is 25.4. The Hall–Kier alpha value is -4.61. The van der Waals surface area contributed by atoms with Crippen LogP contribution in [-0.4, -0.2) is 71.4 Å². The third kappa shape index (κ3) is 7.12. The van der Waals surface area contributed by atoms with Crippen LogP contribution < -0.4 is 24.8 Å². The molecule has 5 rings (SSSR count). The lowest BCUT2D eigenvalue weighted by Crippen LogP contribution is -2.58. The summed E-state index contributed by atoms with van der Waals surface area (Å²) >= 11 is 0. The highest BCUT2D eigenvalue weighted by Gasteiger charge is 2.36. The van der Waals surface area contributed by atoms with Crippen LogP contribution >= 0.6 is 0 Å². The minimum Gasteiger partial charge on any atom is -0.493 e. The lowest BCUT2D eigenvalue weighted by Gasteiger charge is -2.38. The number of amides is 3. The van der Waals surface area contributed by atoms with E-state index in [1.807, 2.05) is 13.0 Å². The van der Waals surface area contributed by atoms with Crippen molar-refractivity contribution in [3.8, 4) is 17.2 Å². The topological polar surface area (TPSA) is 124 Å². The molecule has 2 N–H and O–H groups in total. The summed E-state index contributed by atoms with van der Waals surface area (Å²) in [5.41, 5.74) is 2.14. The lowest BCUT2D eigenvalue weighted by atomic mass is 10.0. The Bertz CT molecular complexity index is 1540. The van der Waals surface area contributed by atoms with Crippen LogP contribution in [0.4, 0.5) is 4.39 Å². The molecule has 234 valence electrons. The van der Waals surface area contributed by atoms with E-state index in [2.05, 4.69) is 29.6 Å². The molecule has 3 heterocycles. The van der Waals surface area contributed by atoms with Crippen LogP contribution in [0.15, 0.2) is 42.5 Å². The molecule has 1 fully saturated rings. The van der Waals surface area contributed by atoms with Gasteiger partial charge in [0.25, 0.3) is 17.7 Å². The van der Waals surface area contributed by atoms with E-state index in [0.717, 1.165) is 12.1 Å². The van der Waals surface area contributed by atoms with Crippen molar-refractivity contribution < 1.29 is 33.0 Å². The van der Waals surface area contributed by atoms with Crippen molar-refractivity contribution in [3.05, 3.63) is 70.8 Å². The highest BCUT2D eigenvalue weighted by Crippen LogP contribution is 2.29. The summed E-state index contributed by atoms with van der Waals surface area (Å²) in [6.07, 6.45) is 0.579. The number of carbonyl (C=O) groups is 3. The van der Waals surface area contributed by atoms with E-state index in [1.165, 1.54) is 25.3 Å². The number of methoxy groups -OCH3 is 1. The highest BCUT2D eigenvalue weighted by molar-refractivity contribution is 5.95. The normalized spacial score (nSPS) is 18.9. The Labute approximate surface area is 255 Å². The molecule has 4 bridgehead atoms. The van der Waals surface area contributed by atoms with Crippen molar-refractivity contribution in [3.63, 3.8) is 0 Å². The second-order valence-corrected chi connectivity index (χ2v) is 11.4. The summed E-state index contributed by atoms with van der Waals surface area (Å²) in [6, 6.07) is 10.1. The monoisotopic (exact) mass is 607 g/mol. The number of aromatic nitrogens is 2. The van der Waals surface area contributed by atoms with Gasteiger partial charge in [0.2, 0.25) is 0 Å². The number of ether oxygens (including phenoxy) is 3. The largest absolute Gasteiger partial charge is 0.493 e. The number of carbonyl (C=O) groups excluding carboxylic acids is 3. The zero-order chi connectivity index (χ0) is 31.4. The number of benzene rings is 2. The third-order valence-corrected chi connectivity index (χ3v) is 7.61. The Kier molecular flexibility index (Phi) is 9.36. The number of nitrogens with zero attached hydrogens (tertiary/aromatic N) is 3. The molecule has 2 aliphatic rings. The first-order valence-corrected chi connectivity index (χ1v) is 14.8. The number of piperidine rings is 1. The van der Waals surface area contributed by atoms with Crippen molar-refractivity contribution in [1.29, 1.82) is 0 Å². The van der Waals surface area contributed by atoms with Gasteiger partial charge in [-0.1, -0.05) is 13.8 Å². The Balaban J connectivity index is 1.43. The minimum atomic E-state index is -0.621. The average molecular weight is 608 g/mol. The first kappa shape index (κ1) is 30.8. The van der Waals surface area contributed by atoms with Gasteiger partial charge in [-0.25, -0.2) is 4.39 Å². The Morgan fingerprint density at radius 3 is 2.75 bits per heavy atom. The molecule has 0 aliphatic carbocycles. The van der Waals surface area contributed by atoms with Gasteiger partial charge in [0, 0.05) is 44.2 Å². The van der Waals surface area contributed by atoms with Gasteiger partial charge in [-0.2, -0.15) is 5.10 Å². The minimum absolute atomic E-state index is 0.0617. The summed E-state index contributed by atoms with van der Waals surface area (Å²) in [5.74, 6) is -0.348. The average Bonchev–Trinajstić information content (AvgIpc) is 3.40. The number of nitrogens with one attached hydrogen (secondary N) is 2. The highest BCUT2D eigenvalue weighted by atomic mass is 19.1. The number of hydrogen-bond donors (Lipinski definition) is 2. The third-order valence-electron chi connectivity index (χ3n) is 7.61. The number of likely N-dealkylation sites (tertiary alicyclic amines) is 1. The maximum atomic E-state index is 14.6. The van der Waals surface area contributed by atoms with Gasteiger partial charge in [-0.3, -0.25) is 19.1 Å². The van der Waals surface area contributed by atoms with Gasteiger partial charge in [0.1, 0.15) is 23.4 Å². The molecular weight excluding hydrogens is 569 g/mol. The predicted molar refractivity (Wildman–Crippen MR) is 159 cm³/mol. The Morgan fingerprint density at radius 2 is 2.00 bits per heavy atom. The van der Waals surface area contributed by atoms with Crippen molar-refractivity contribution >= 4 is 17.7 Å². The molecule has 0 spiro atoms. The molecule has 1 saturated heterocycles. The Morgan fingerprint density at radius 1 is 1.18 bits per heavy atom. The van der Waals surface area contributed by atoms with E-state index < -0.39 is 29.8 Å². The van der Waals surface area contributed by atoms with Gasteiger partial charge in [0.05, 0.1) is 18.8 Å². The van der Waals surface area contributed by atoms with E-state index in [4.69, 9.17) is 14.2 Å². The van der Waals surface area contributed by atoms with E-state index in [9.17, 15) is 18.8 Å². The molecule has 2 atom stereocenters. The molecule has 0 unspecified atom stereocenters. The van der Waals surface area contributed by atoms with Crippen LogP contribution in [0.25, 0.3) is 0 Å². The maximum Gasteiger partial charge on any atom is 0.272 e. The maximum absolute atomic E-state index is 14.6. The second kappa shape index (κ2) is 13.4. The fourth-order valence-corrected chi connectivity index (χ4v) is 5.53. The number of hydrogen-bond acceptors (Lipinski definition) is 7. The van der Waals surface area contributed by atoms with Crippen molar-refractivity contribution in [2.45, 2.75) is 58.8 Å². The lowest BCUT2D eigenvalue weighted by molar-refractivity contribution is -0.125. The van der Waals surface area contributed by atoms with Crippen LogP contribution in [0.3, 0.4) is 0 Å². The summed E-state index contributed by atoms with van der Waals surface area (Å²) in [5, 5.41) is 10.3. The van der Waals surface area contributed by atoms with Crippen molar-refractivity contribution in [2.75, 3.05) is 26.8 Å². The summed E-state index contributed by atoms with van der Waals surface area (Å²) in [6.45, 7) is 6.91. The molecule has 44 heavy (non-hydrogen) atoms. The number of aryl methyl sites for hydroxylation is 1. The molecule has 3 aromatic rings. The number of fused-ring (bicyclic) bond motifs is 5. The van der Waals surface area contributed by atoms with Crippen molar-refractivity contribution in [1.82, 2.24) is 25.3 Å². The standard InChI is InChI=1S/C32H38FN5O6/c1-5-38-26(15-23(36-38)10-19(2)3)32(41)37-9-8-27-25(17-37)35-30(39)18-43-29-13-21(6-7-28(29)42-4)31(40)34-16-20-11-22(33)14-24(12-20)44-27/h6-7,11-15,19,25,27H,5,8-10,16-18H2,1-4H3,(H,34,40)(H,35,39)/t25-,27+/m1/s1. The molecular formula is C32H38FN5O6. The van der Waals surface area contributed by atoms with Gasteiger partial charge in [-0.05, 0) is 61.2 Å². The molecule has 1 aromatic heterocycles.